The van der Waals surface area contributed by atoms with Crippen molar-refractivity contribution in [3.63, 3.8) is 0 Å². The highest BCUT2D eigenvalue weighted by atomic mass is 19.1. The first-order chi connectivity index (χ1) is 7.70. The van der Waals surface area contributed by atoms with E-state index in [2.05, 4.69) is 10.1 Å². The van der Waals surface area contributed by atoms with Crippen molar-refractivity contribution in [1.29, 1.82) is 5.26 Å². The van der Waals surface area contributed by atoms with E-state index in [9.17, 15) is 4.39 Å². The Kier molecular flexibility index (Phi) is 2.52. The largest absolute Gasteiger partial charge is 0.505 e. The fourth-order valence-corrected chi connectivity index (χ4v) is 1.16. The van der Waals surface area contributed by atoms with E-state index in [4.69, 9.17) is 14.9 Å². The van der Waals surface area contributed by atoms with Gasteiger partial charge in [0.2, 0.25) is 11.7 Å². The van der Waals surface area contributed by atoms with Crippen LogP contribution in [0.25, 0.3) is 11.4 Å². The summed E-state index contributed by atoms with van der Waals surface area (Å²) in [6.07, 6.45) is 0.00751. The van der Waals surface area contributed by atoms with Gasteiger partial charge in [-0.1, -0.05) is 5.16 Å². The third kappa shape index (κ3) is 1.83. The van der Waals surface area contributed by atoms with E-state index in [1.165, 1.54) is 12.1 Å². The topological polar surface area (TPSA) is 82.9 Å². The number of aromatic nitrogens is 2. The van der Waals surface area contributed by atoms with Gasteiger partial charge in [0.1, 0.15) is 6.42 Å². The van der Waals surface area contributed by atoms with Gasteiger partial charge in [0.25, 0.3) is 0 Å². The molecule has 0 unspecified atom stereocenters. The lowest BCUT2D eigenvalue weighted by atomic mass is 10.2. The number of phenolic OH excluding ortho intramolecular Hbond substituents is 1. The van der Waals surface area contributed by atoms with Gasteiger partial charge in [0.05, 0.1) is 6.07 Å². The Morgan fingerprint density at radius 2 is 2.31 bits per heavy atom. The zero-order valence-electron chi connectivity index (χ0n) is 8.01. The number of halogens is 1. The van der Waals surface area contributed by atoms with E-state index in [1.807, 2.05) is 6.07 Å². The summed E-state index contributed by atoms with van der Waals surface area (Å²) in [5, 5.41) is 21.0. The molecule has 0 spiro atoms. The van der Waals surface area contributed by atoms with Gasteiger partial charge in [-0.05, 0) is 18.2 Å². The predicted molar refractivity (Wildman–Crippen MR) is 50.7 cm³/mol. The maximum Gasteiger partial charge on any atom is 0.241 e. The van der Waals surface area contributed by atoms with Gasteiger partial charge >= 0.3 is 0 Å². The summed E-state index contributed by atoms with van der Waals surface area (Å²) < 4.78 is 17.8. The molecule has 0 aliphatic rings. The van der Waals surface area contributed by atoms with Crippen LogP contribution in [0.1, 0.15) is 5.89 Å². The van der Waals surface area contributed by atoms with Gasteiger partial charge in [0, 0.05) is 5.56 Å². The smallest absolute Gasteiger partial charge is 0.241 e. The zero-order valence-corrected chi connectivity index (χ0v) is 8.01. The Morgan fingerprint density at radius 3 is 3.00 bits per heavy atom. The fraction of sp³-hybridized carbons (Fsp3) is 0.100. The third-order valence-electron chi connectivity index (χ3n) is 1.90. The number of rotatable bonds is 2. The molecule has 0 radical (unpaired) electrons. The van der Waals surface area contributed by atoms with Crippen molar-refractivity contribution in [2.75, 3.05) is 0 Å². The summed E-state index contributed by atoms with van der Waals surface area (Å²) in [4.78, 5) is 3.89. The first-order valence-electron chi connectivity index (χ1n) is 4.39. The quantitative estimate of drug-likeness (QED) is 0.830. The number of nitrogens with zero attached hydrogens (tertiary/aromatic N) is 3. The first kappa shape index (κ1) is 10.1. The molecule has 16 heavy (non-hydrogen) atoms. The molecule has 0 aliphatic carbocycles. The second kappa shape index (κ2) is 3.98. The van der Waals surface area contributed by atoms with E-state index >= 15 is 0 Å². The Bertz CT molecular complexity index is 559. The SMILES string of the molecule is N#CCc1nc(-c2ccc(O)c(F)c2)no1. The average molecular weight is 219 g/mol. The molecule has 2 rings (SSSR count). The van der Waals surface area contributed by atoms with Crippen LogP contribution in [0.4, 0.5) is 4.39 Å². The van der Waals surface area contributed by atoms with E-state index in [0.717, 1.165) is 6.07 Å². The number of hydrogen-bond acceptors (Lipinski definition) is 5. The minimum absolute atomic E-state index is 0.00751. The fourth-order valence-electron chi connectivity index (χ4n) is 1.16. The maximum absolute atomic E-state index is 13.0. The second-order valence-corrected chi connectivity index (χ2v) is 3.01. The minimum atomic E-state index is -0.760. The third-order valence-corrected chi connectivity index (χ3v) is 1.90. The van der Waals surface area contributed by atoms with E-state index in [-0.39, 0.29) is 18.1 Å². The van der Waals surface area contributed by atoms with Gasteiger partial charge in [-0.25, -0.2) is 4.39 Å². The van der Waals surface area contributed by atoms with Crippen LogP contribution in [-0.4, -0.2) is 15.2 Å². The van der Waals surface area contributed by atoms with Crippen LogP contribution in [-0.2, 0) is 6.42 Å². The van der Waals surface area contributed by atoms with Gasteiger partial charge in [0.15, 0.2) is 11.6 Å². The monoisotopic (exact) mass is 219 g/mol. The number of benzene rings is 1. The highest BCUT2D eigenvalue weighted by Crippen LogP contribution is 2.22. The Hall–Kier alpha value is -2.42. The highest BCUT2D eigenvalue weighted by molar-refractivity contribution is 5.55. The molecule has 0 saturated carbocycles. The van der Waals surface area contributed by atoms with Crippen LogP contribution < -0.4 is 0 Å². The van der Waals surface area contributed by atoms with Crippen molar-refractivity contribution in [2.45, 2.75) is 6.42 Å². The molecule has 1 heterocycles. The minimum Gasteiger partial charge on any atom is -0.505 e. The lowest BCUT2D eigenvalue weighted by molar-refractivity contribution is 0.387. The normalized spacial score (nSPS) is 10.0. The molecule has 0 bridgehead atoms. The molecule has 1 aromatic carbocycles. The van der Waals surface area contributed by atoms with Crippen molar-refractivity contribution >= 4 is 0 Å². The van der Waals surface area contributed by atoms with Crippen LogP contribution in [0, 0.1) is 17.1 Å². The molecule has 0 fully saturated rings. The van der Waals surface area contributed by atoms with Crippen LogP contribution in [0.5, 0.6) is 5.75 Å². The predicted octanol–water partition coefficient (Wildman–Crippen LogP) is 1.65. The van der Waals surface area contributed by atoms with Crippen molar-refractivity contribution in [2.24, 2.45) is 0 Å². The molecule has 5 nitrogen and oxygen atoms in total. The molecule has 0 atom stereocenters. The molecule has 2 aromatic rings. The van der Waals surface area contributed by atoms with Crippen molar-refractivity contribution in [1.82, 2.24) is 10.1 Å². The molecule has 6 heteroatoms. The van der Waals surface area contributed by atoms with Gasteiger partial charge in [-0.3, -0.25) is 0 Å². The van der Waals surface area contributed by atoms with Crippen molar-refractivity contribution < 1.29 is 14.0 Å². The van der Waals surface area contributed by atoms with Gasteiger partial charge in [-0.15, -0.1) is 0 Å². The van der Waals surface area contributed by atoms with E-state index in [0.29, 0.717) is 5.56 Å². The van der Waals surface area contributed by atoms with Crippen molar-refractivity contribution in [3.05, 3.63) is 29.9 Å². The molecule has 80 valence electrons. The number of hydrogen-bond donors (Lipinski definition) is 1. The number of nitriles is 1. The number of phenols is 1. The maximum atomic E-state index is 13.0. The second-order valence-electron chi connectivity index (χ2n) is 3.01. The zero-order chi connectivity index (χ0) is 11.5. The molecule has 0 saturated heterocycles. The summed E-state index contributed by atoms with van der Waals surface area (Å²) in [7, 11) is 0. The van der Waals surface area contributed by atoms with E-state index < -0.39 is 11.6 Å². The first-order valence-corrected chi connectivity index (χ1v) is 4.39. The number of aromatic hydroxyl groups is 1. The Morgan fingerprint density at radius 1 is 1.50 bits per heavy atom. The Balaban J connectivity index is 2.36. The lowest BCUT2D eigenvalue weighted by Crippen LogP contribution is -1.84. The summed E-state index contributed by atoms with van der Waals surface area (Å²) in [5.41, 5.74) is 0.378. The molecule has 0 amide bonds. The summed E-state index contributed by atoms with van der Waals surface area (Å²) in [6, 6.07) is 5.61. The summed E-state index contributed by atoms with van der Waals surface area (Å²) in [6.45, 7) is 0. The summed E-state index contributed by atoms with van der Waals surface area (Å²) in [5.74, 6) is -0.844. The van der Waals surface area contributed by atoms with Gasteiger partial charge < -0.3 is 9.63 Å². The van der Waals surface area contributed by atoms with Crippen LogP contribution >= 0.6 is 0 Å². The average Bonchev–Trinajstić information content (AvgIpc) is 2.71. The summed E-state index contributed by atoms with van der Waals surface area (Å²) >= 11 is 0. The highest BCUT2D eigenvalue weighted by Gasteiger charge is 2.10. The molecule has 1 N–H and O–H groups in total. The molecular formula is C10H6FN3O2. The van der Waals surface area contributed by atoms with Crippen molar-refractivity contribution in [3.8, 4) is 23.2 Å². The Labute approximate surface area is 89.8 Å². The van der Waals surface area contributed by atoms with Crippen LogP contribution in [0.2, 0.25) is 0 Å². The van der Waals surface area contributed by atoms with Gasteiger partial charge in [-0.2, -0.15) is 10.2 Å². The molecule has 0 aliphatic heterocycles. The standard InChI is InChI=1S/C10H6FN3O2/c11-7-5-6(1-2-8(7)15)10-13-9(3-4-12)16-14-10/h1-2,5,15H,3H2. The lowest BCUT2D eigenvalue weighted by Gasteiger charge is -1.96. The molecule has 1 aromatic heterocycles. The van der Waals surface area contributed by atoms with E-state index in [1.54, 1.807) is 0 Å². The van der Waals surface area contributed by atoms with Crippen LogP contribution in [0.3, 0.4) is 0 Å². The molecular weight excluding hydrogens is 213 g/mol. The van der Waals surface area contributed by atoms with Crippen LogP contribution in [0.15, 0.2) is 22.7 Å².